The largest absolute Gasteiger partial charge is 0.343 e. The molecule has 4 heteroatoms. The molecule has 0 atom stereocenters. The molecule has 16 heavy (non-hydrogen) atoms. The maximum atomic E-state index is 13.3. The number of nitriles is 1. The fourth-order valence-corrected chi connectivity index (χ4v) is 1.70. The Kier molecular flexibility index (Phi) is 3.16. The normalized spacial score (nSPS) is 15.1. The summed E-state index contributed by atoms with van der Waals surface area (Å²) < 4.78 is 13.3. The highest BCUT2D eigenvalue weighted by molar-refractivity contribution is 5.96. The lowest BCUT2D eigenvalue weighted by atomic mass is 10.1. The van der Waals surface area contributed by atoms with Crippen molar-refractivity contribution in [2.45, 2.75) is 19.3 Å². The molecular weight excluding hydrogens is 205 g/mol. The number of halogens is 1. The lowest BCUT2D eigenvalue weighted by molar-refractivity contribution is 0.624. The van der Waals surface area contributed by atoms with Crippen LogP contribution in [0.5, 0.6) is 0 Å². The van der Waals surface area contributed by atoms with Crippen LogP contribution in [-0.4, -0.2) is 12.4 Å². The molecule has 82 valence electrons. The van der Waals surface area contributed by atoms with E-state index in [1.54, 1.807) is 12.1 Å². The van der Waals surface area contributed by atoms with E-state index < -0.39 is 5.82 Å². The van der Waals surface area contributed by atoms with Gasteiger partial charge in [0, 0.05) is 13.0 Å². The van der Waals surface area contributed by atoms with Gasteiger partial charge in [-0.25, -0.2) is 4.39 Å². The van der Waals surface area contributed by atoms with Crippen molar-refractivity contribution < 1.29 is 4.39 Å². The van der Waals surface area contributed by atoms with Gasteiger partial charge in [0.25, 0.3) is 0 Å². The predicted molar refractivity (Wildman–Crippen MR) is 60.9 cm³/mol. The molecule has 0 spiro atoms. The Morgan fingerprint density at radius 1 is 1.38 bits per heavy atom. The summed E-state index contributed by atoms with van der Waals surface area (Å²) in [5.74, 6) is 0.345. The molecule has 0 aliphatic carbocycles. The van der Waals surface area contributed by atoms with E-state index in [1.165, 1.54) is 6.07 Å². The van der Waals surface area contributed by atoms with Crippen LogP contribution in [0.4, 0.5) is 10.1 Å². The lowest BCUT2D eigenvalue weighted by Gasteiger charge is -2.14. The highest BCUT2D eigenvalue weighted by Gasteiger charge is 2.10. The summed E-state index contributed by atoms with van der Waals surface area (Å²) in [5, 5.41) is 11.9. The molecule has 1 aliphatic heterocycles. The van der Waals surface area contributed by atoms with Crippen LogP contribution in [0.3, 0.4) is 0 Å². The van der Waals surface area contributed by atoms with Gasteiger partial charge >= 0.3 is 0 Å². The molecule has 0 fully saturated rings. The zero-order chi connectivity index (χ0) is 11.4. The first-order chi connectivity index (χ1) is 7.81. The van der Waals surface area contributed by atoms with E-state index in [2.05, 4.69) is 10.3 Å². The van der Waals surface area contributed by atoms with E-state index in [9.17, 15) is 4.39 Å². The Bertz CT molecular complexity index is 460. The van der Waals surface area contributed by atoms with Crippen molar-refractivity contribution in [2.75, 3.05) is 11.9 Å². The van der Waals surface area contributed by atoms with Crippen LogP contribution in [0.25, 0.3) is 0 Å². The van der Waals surface area contributed by atoms with Crippen LogP contribution >= 0.6 is 0 Å². The maximum Gasteiger partial charge on any atom is 0.143 e. The third-order valence-corrected chi connectivity index (χ3v) is 2.53. The first-order valence-corrected chi connectivity index (χ1v) is 5.30. The van der Waals surface area contributed by atoms with Gasteiger partial charge in [0.05, 0.1) is 5.69 Å². The molecule has 1 aromatic carbocycles. The number of hydrogen-bond acceptors (Lipinski definition) is 3. The minimum atomic E-state index is -0.496. The number of amidine groups is 1. The Labute approximate surface area is 93.6 Å². The molecule has 0 unspecified atom stereocenters. The molecule has 1 N–H and O–H groups in total. The SMILES string of the molecule is N#Cc1c(F)cccc1NC1=NCCCC1. The quantitative estimate of drug-likeness (QED) is 0.786. The van der Waals surface area contributed by atoms with Crippen LogP contribution in [0, 0.1) is 17.1 Å². The van der Waals surface area contributed by atoms with E-state index >= 15 is 0 Å². The molecule has 1 heterocycles. The number of rotatable bonds is 1. The number of aliphatic imine (C=N–C) groups is 1. The van der Waals surface area contributed by atoms with Crippen molar-refractivity contribution in [3.63, 3.8) is 0 Å². The molecule has 3 nitrogen and oxygen atoms in total. The second kappa shape index (κ2) is 4.75. The Morgan fingerprint density at radius 2 is 2.25 bits per heavy atom. The number of nitrogens with one attached hydrogen (secondary N) is 1. The molecule has 2 rings (SSSR count). The van der Waals surface area contributed by atoms with Gasteiger partial charge in [0.15, 0.2) is 0 Å². The Morgan fingerprint density at radius 3 is 2.94 bits per heavy atom. The second-order valence-corrected chi connectivity index (χ2v) is 3.68. The molecule has 0 radical (unpaired) electrons. The smallest absolute Gasteiger partial charge is 0.143 e. The van der Waals surface area contributed by atoms with Crippen LogP contribution in [0.15, 0.2) is 23.2 Å². The molecule has 0 amide bonds. The van der Waals surface area contributed by atoms with Gasteiger partial charge in [-0.15, -0.1) is 0 Å². The van der Waals surface area contributed by atoms with Gasteiger partial charge in [-0.1, -0.05) is 6.07 Å². The number of benzene rings is 1. The average Bonchev–Trinajstić information content (AvgIpc) is 2.31. The van der Waals surface area contributed by atoms with E-state index in [1.807, 2.05) is 6.07 Å². The fourth-order valence-electron chi connectivity index (χ4n) is 1.70. The van der Waals surface area contributed by atoms with Crippen molar-refractivity contribution in [2.24, 2.45) is 4.99 Å². The molecule has 0 saturated heterocycles. The molecule has 0 saturated carbocycles. The monoisotopic (exact) mass is 217 g/mol. The molecule has 1 aromatic rings. The zero-order valence-electron chi connectivity index (χ0n) is 8.83. The third-order valence-electron chi connectivity index (χ3n) is 2.53. The fraction of sp³-hybridized carbons (Fsp3) is 0.333. The summed E-state index contributed by atoms with van der Waals surface area (Å²) in [6.07, 6.45) is 3.05. The van der Waals surface area contributed by atoms with Crippen LogP contribution in [0.1, 0.15) is 24.8 Å². The van der Waals surface area contributed by atoms with Crippen LogP contribution in [0.2, 0.25) is 0 Å². The first kappa shape index (κ1) is 10.6. The van der Waals surface area contributed by atoms with Crippen molar-refractivity contribution >= 4 is 11.5 Å². The van der Waals surface area contributed by atoms with Gasteiger partial charge < -0.3 is 5.32 Å². The first-order valence-electron chi connectivity index (χ1n) is 5.30. The van der Waals surface area contributed by atoms with Crippen molar-refractivity contribution in [3.8, 4) is 6.07 Å². The Hall–Kier alpha value is -1.89. The number of hydrogen-bond donors (Lipinski definition) is 1. The summed E-state index contributed by atoms with van der Waals surface area (Å²) in [4.78, 5) is 4.30. The third kappa shape index (κ3) is 2.19. The highest BCUT2D eigenvalue weighted by Crippen LogP contribution is 2.19. The highest BCUT2D eigenvalue weighted by atomic mass is 19.1. The topological polar surface area (TPSA) is 48.2 Å². The van der Waals surface area contributed by atoms with E-state index in [-0.39, 0.29) is 5.56 Å². The van der Waals surface area contributed by atoms with Crippen molar-refractivity contribution in [1.29, 1.82) is 5.26 Å². The van der Waals surface area contributed by atoms with E-state index in [4.69, 9.17) is 5.26 Å². The van der Waals surface area contributed by atoms with Gasteiger partial charge in [0.2, 0.25) is 0 Å². The molecule has 0 aromatic heterocycles. The standard InChI is InChI=1S/C12H12FN3/c13-10-4-3-5-11(9(10)8-14)16-12-6-1-2-7-15-12/h3-5H,1-2,6-7H2,(H,15,16). The van der Waals surface area contributed by atoms with E-state index in [0.717, 1.165) is 31.6 Å². The van der Waals surface area contributed by atoms with Gasteiger partial charge in [-0.05, 0) is 25.0 Å². The summed E-state index contributed by atoms with van der Waals surface area (Å²) in [7, 11) is 0. The lowest BCUT2D eigenvalue weighted by Crippen LogP contribution is -2.17. The Balaban J connectivity index is 2.24. The van der Waals surface area contributed by atoms with E-state index in [0.29, 0.717) is 5.69 Å². The summed E-state index contributed by atoms with van der Waals surface area (Å²) in [6, 6.07) is 6.42. The van der Waals surface area contributed by atoms with Crippen molar-refractivity contribution in [1.82, 2.24) is 0 Å². The zero-order valence-corrected chi connectivity index (χ0v) is 8.83. The minimum Gasteiger partial charge on any atom is -0.343 e. The summed E-state index contributed by atoms with van der Waals surface area (Å²) >= 11 is 0. The van der Waals surface area contributed by atoms with Crippen LogP contribution < -0.4 is 5.32 Å². The van der Waals surface area contributed by atoms with Crippen LogP contribution in [-0.2, 0) is 0 Å². The van der Waals surface area contributed by atoms with Crippen molar-refractivity contribution in [3.05, 3.63) is 29.6 Å². The molecule has 1 aliphatic rings. The summed E-state index contributed by atoms with van der Waals surface area (Å²) in [6.45, 7) is 0.805. The number of anilines is 1. The predicted octanol–water partition coefficient (Wildman–Crippen LogP) is 2.69. The second-order valence-electron chi connectivity index (χ2n) is 3.68. The maximum absolute atomic E-state index is 13.3. The number of nitrogens with zero attached hydrogens (tertiary/aromatic N) is 2. The molecular formula is C12H12FN3. The van der Waals surface area contributed by atoms with Gasteiger partial charge in [-0.3, -0.25) is 4.99 Å². The average molecular weight is 217 g/mol. The van der Waals surface area contributed by atoms with Gasteiger partial charge in [-0.2, -0.15) is 5.26 Å². The minimum absolute atomic E-state index is 0.0516. The molecule has 0 bridgehead atoms. The van der Waals surface area contributed by atoms with Gasteiger partial charge in [0.1, 0.15) is 23.3 Å². The summed E-state index contributed by atoms with van der Waals surface area (Å²) in [5.41, 5.74) is 0.555.